The Balaban J connectivity index is 2.17. The zero-order valence-electron chi connectivity index (χ0n) is 9.88. The van der Waals surface area contributed by atoms with Gasteiger partial charge in [0.2, 0.25) is 5.88 Å². The summed E-state index contributed by atoms with van der Waals surface area (Å²) in [4.78, 5) is 21.1. The lowest BCUT2D eigenvalue weighted by Gasteiger charge is -2.20. The number of ether oxygens (including phenoxy) is 1. The van der Waals surface area contributed by atoms with E-state index in [1.165, 1.54) is 13.4 Å². The summed E-state index contributed by atoms with van der Waals surface area (Å²) in [6, 6.07) is 1.72. The Kier molecular flexibility index (Phi) is 2.87. The highest BCUT2D eigenvalue weighted by Crippen LogP contribution is 2.33. The highest BCUT2D eigenvalue weighted by molar-refractivity contribution is 5.76. The minimum absolute atomic E-state index is 0.461. The number of aliphatic carboxylic acids is 1. The molecule has 1 aromatic rings. The van der Waals surface area contributed by atoms with E-state index in [0.717, 1.165) is 0 Å². The van der Waals surface area contributed by atoms with Gasteiger partial charge in [-0.15, -0.1) is 0 Å². The maximum absolute atomic E-state index is 11.1. The van der Waals surface area contributed by atoms with Crippen molar-refractivity contribution in [2.45, 2.75) is 13.3 Å². The molecule has 0 saturated carbocycles. The van der Waals surface area contributed by atoms with Crippen molar-refractivity contribution in [3.05, 3.63) is 12.4 Å². The first-order valence-electron chi connectivity index (χ1n) is 5.39. The Labute approximate surface area is 99.2 Å². The Hall–Kier alpha value is -1.85. The number of nitrogens with zero attached hydrogens (tertiary/aromatic N) is 3. The third-order valence-corrected chi connectivity index (χ3v) is 3.15. The molecule has 6 nitrogen and oxygen atoms in total. The molecule has 1 saturated heterocycles. The van der Waals surface area contributed by atoms with Crippen LogP contribution in [0.3, 0.4) is 0 Å². The fraction of sp³-hybridized carbons (Fsp3) is 0.545. The van der Waals surface area contributed by atoms with Crippen molar-refractivity contribution in [3.63, 3.8) is 0 Å². The zero-order valence-corrected chi connectivity index (χ0v) is 9.88. The molecule has 1 aromatic heterocycles. The maximum atomic E-state index is 11.1. The van der Waals surface area contributed by atoms with E-state index < -0.39 is 11.4 Å². The van der Waals surface area contributed by atoms with E-state index in [0.29, 0.717) is 31.2 Å². The molecule has 1 fully saturated rings. The Morgan fingerprint density at radius 3 is 2.94 bits per heavy atom. The molecule has 0 aromatic carbocycles. The molecule has 1 aliphatic heterocycles. The lowest BCUT2D eigenvalue weighted by Crippen LogP contribution is -2.32. The predicted molar refractivity (Wildman–Crippen MR) is 61.2 cm³/mol. The molecule has 0 bridgehead atoms. The topological polar surface area (TPSA) is 75.5 Å². The minimum atomic E-state index is -0.763. The average molecular weight is 237 g/mol. The highest BCUT2D eigenvalue weighted by Gasteiger charge is 2.40. The van der Waals surface area contributed by atoms with Gasteiger partial charge in [-0.05, 0) is 13.3 Å². The van der Waals surface area contributed by atoms with Gasteiger partial charge in [-0.25, -0.2) is 9.97 Å². The second-order valence-corrected chi connectivity index (χ2v) is 4.46. The largest absolute Gasteiger partial charge is 0.481 e. The molecule has 0 amide bonds. The van der Waals surface area contributed by atoms with Gasteiger partial charge in [0.05, 0.1) is 12.5 Å². The molecule has 92 valence electrons. The van der Waals surface area contributed by atoms with Gasteiger partial charge in [0, 0.05) is 19.2 Å². The quantitative estimate of drug-likeness (QED) is 0.837. The van der Waals surface area contributed by atoms with Crippen LogP contribution in [-0.2, 0) is 4.79 Å². The summed E-state index contributed by atoms with van der Waals surface area (Å²) in [5, 5.41) is 9.15. The number of hydrogen-bond acceptors (Lipinski definition) is 5. The molecular weight excluding hydrogens is 222 g/mol. The summed E-state index contributed by atoms with van der Waals surface area (Å²) in [6.45, 7) is 2.90. The van der Waals surface area contributed by atoms with E-state index in [-0.39, 0.29) is 0 Å². The van der Waals surface area contributed by atoms with Gasteiger partial charge in [-0.1, -0.05) is 0 Å². The van der Waals surface area contributed by atoms with Crippen LogP contribution in [0.4, 0.5) is 5.82 Å². The Morgan fingerprint density at radius 2 is 2.35 bits per heavy atom. The number of hydrogen-bond donors (Lipinski definition) is 1. The van der Waals surface area contributed by atoms with E-state index in [4.69, 9.17) is 9.84 Å². The van der Waals surface area contributed by atoms with Crippen molar-refractivity contribution >= 4 is 11.8 Å². The van der Waals surface area contributed by atoms with Crippen LogP contribution in [0.15, 0.2) is 12.4 Å². The fourth-order valence-corrected chi connectivity index (χ4v) is 1.95. The van der Waals surface area contributed by atoms with Gasteiger partial charge in [-0.3, -0.25) is 4.79 Å². The van der Waals surface area contributed by atoms with Crippen molar-refractivity contribution in [1.29, 1.82) is 0 Å². The Bertz CT molecular complexity index is 438. The lowest BCUT2D eigenvalue weighted by atomic mass is 9.90. The molecule has 1 atom stereocenters. The summed E-state index contributed by atoms with van der Waals surface area (Å²) in [7, 11) is 1.54. The highest BCUT2D eigenvalue weighted by atomic mass is 16.5. The van der Waals surface area contributed by atoms with Crippen molar-refractivity contribution in [1.82, 2.24) is 9.97 Å². The SMILES string of the molecule is COc1cc(N2CCC(C)(C(=O)O)C2)ncn1. The van der Waals surface area contributed by atoms with Crippen molar-refractivity contribution in [3.8, 4) is 5.88 Å². The number of anilines is 1. The van der Waals surface area contributed by atoms with Gasteiger partial charge in [0.15, 0.2) is 0 Å². The van der Waals surface area contributed by atoms with Gasteiger partial charge in [0.1, 0.15) is 12.1 Å². The van der Waals surface area contributed by atoms with E-state index in [9.17, 15) is 4.79 Å². The number of aromatic nitrogens is 2. The lowest BCUT2D eigenvalue weighted by molar-refractivity contribution is -0.146. The summed E-state index contributed by atoms with van der Waals surface area (Å²) in [5.74, 6) is 0.432. The van der Waals surface area contributed by atoms with Crippen LogP contribution in [0.2, 0.25) is 0 Å². The predicted octanol–water partition coefficient (Wildman–Crippen LogP) is 0.786. The van der Waals surface area contributed by atoms with E-state index in [2.05, 4.69) is 9.97 Å². The maximum Gasteiger partial charge on any atom is 0.311 e. The smallest absolute Gasteiger partial charge is 0.311 e. The number of methoxy groups -OCH3 is 1. The van der Waals surface area contributed by atoms with Crippen LogP contribution >= 0.6 is 0 Å². The molecule has 1 N–H and O–H groups in total. The molecule has 17 heavy (non-hydrogen) atoms. The average Bonchev–Trinajstić information content (AvgIpc) is 2.74. The molecular formula is C11H15N3O3. The summed E-state index contributed by atoms with van der Waals surface area (Å²) < 4.78 is 5.02. The van der Waals surface area contributed by atoms with Crippen molar-refractivity contribution < 1.29 is 14.6 Å². The van der Waals surface area contributed by atoms with Crippen LogP contribution in [0.5, 0.6) is 5.88 Å². The van der Waals surface area contributed by atoms with E-state index in [1.54, 1.807) is 13.0 Å². The molecule has 0 radical (unpaired) electrons. The first kappa shape index (κ1) is 11.6. The minimum Gasteiger partial charge on any atom is -0.481 e. The summed E-state index contributed by atoms with van der Waals surface area (Å²) in [6.07, 6.45) is 2.04. The molecule has 1 aliphatic rings. The fourth-order valence-electron chi connectivity index (χ4n) is 1.95. The molecule has 0 aliphatic carbocycles. The molecule has 2 rings (SSSR count). The van der Waals surface area contributed by atoms with Crippen LogP contribution in [-0.4, -0.2) is 41.2 Å². The number of rotatable bonds is 3. The van der Waals surface area contributed by atoms with Crippen LogP contribution in [0, 0.1) is 5.41 Å². The summed E-state index contributed by atoms with van der Waals surface area (Å²) >= 11 is 0. The van der Waals surface area contributed by atoms with E-state index >= 15 is 0 Å². The molecule has 0 spiro atoms. The molecule has 2 heterocycles. The number of carboxylic acids is 1. The second-order valence-electron chi connectivity index (χ2n) is 4.46. The van der Waals surface area contributed by atoms with Crippen molar-refractivity contribution in [2.75, 3.05) is 25.1 Å². The first-order valence-corrected chi connectivity index (χ1v) is 5.39. The van der Waals surface area contributed by atoms with Crippen LogP contribution in [0.25, 0.3) is 0 Å². The van der Waals surface area contributed by atoms with Crippen LogP contribution < -0.4 is 9.64 Å². The van der Waals surface area contributed by atoms with Gasteiger partial charge in [0.25, 0.3) is 0 Å². The third-order valence-electron chi connectivity index (χ3n) is 3.15. The second kappa shape index (κ2) is 4.20. The van der Waals surface area contributed by atoms with E-state index in [1.807, 2.05) is 4.90 Å². The Morgan fingerprint density at radius 1 is 1.59 bits per heavy atom. The monoisotopic (exact) mass is 237 g/mol. The number of carbonyl (C=O) groups is 1. The zero-order chi connectivity index (χ0) is 12.5. The number of carboxylic acid groups (broad SMARTS) is 1. The van der Waals surface area contributed by atoms with Gasteiger partial charge >= 0.3 is 5.97 Å². The summed E-state index contributed by atoms with van der Waals surface area (Å²) in [5.41, 5.74) is -0.696. The first-order chi connectivity index (χ1) is 8.05. The van der Waals surface area contributed by atoms with Gasteiger partial charge in [-0.2, -0.15) is 0 Å². The van der Waals surface area contributed by atoms with Crippen LogP contribution in [0.1, 0.15) is 13.3 Å². The third kappa shape index (κ3) is 2.15. The van der Waals surface area contributed by atoms with Gasteiger partial charge < -0.3 is 14.7 Å². The van der Waals surface area contributed by atoms with Crippen molar-refractivity contribution in [2.24, 2.45) is 5.41 Å². The normalized spacial score (nSPS) is 23.8. The standard InChI is InChI=1S/C11H15N3O3/c1-11(10(15)16)3-4-14(6-11)8-5-9(17-2)13-7-12-8/h5,7H,3-4,6H2,1-2H3,(H,15,16). The molecule has 1 unspecified atom stereocenters. The molecule has 6 heteroatoms.